The van der Waals surface area contributed by atoms with Gasteiger partial charge in [0, 0.05) is 20.4 Å². The van der Waals surface area contributed by atoms with E-state index in [1.54, 1.807) is 12.3 Å². The highest BCUT2D eigenvalue weighted by atomic mass is 16.7. The fraction of sp³-hybridized carbons (Fsp3) is 0.583. The maximum atomic E-state index is 11.8. The molecule has 1 aromatic heterocycles. The Bertz CT molecular complexity index is 441. The predicted octanol–water partition coefficient (Wildman–Crippen LogP) is 0.973. The molecular weight excluding hydrogens is 236 g/mol. The molecule has 0 amide bonds. The monoisotopic (exact) mass is 252 g/mol. The standard InChI is InChI=1S/C12H16N2O4/c1-16-9(17-2)8-4-7-13-10(14-8)12(5-6-12)11(15)18-3/h4,7,9H,5-6H2,1-3H3. The van der Waals surface area contributed by atoms with E-state index in [2.05, 4.69) is 9.97 Å². The second kappa shape index (κ2) is 4.99. The zero-order chi connectivity index (χ0) is 13.2. The van der Waals surface area contributed by atoms with Crippen LogP contribution in [-0.4, -0.2) is 37.3 Å². The summed E-state index contributed by atoms with van der Waals surface area (Å²) in [6.45, 7) is 0. The first-order valence-corrected chi connectivity index (χ1v) is 5.65. The first-order valence-electron chi connectivity index (χ1n) is 5.65. The number of carbonyl (C=O) groups excluding carboxylic acids is 1. The normalized spacial score (nSPS) is 16.7. The van der Waals surface area contributed by atoms with E-state index in [1.807, 2.05) is 0 Å². The highest BCUT2D eigenvalue weighted by Gasteiger charge is 2.55. The molecule has 0 aromatic carbocycles. The molecule has 0 saturated heterocycles. The molecule has 18 heavy (non-hydrogen) atoms. The molecule has 98 valence electrons. The van der Waals surface area contributed by atoms with Crippen molar-refractivity contribution in [3.8, 4) is 0 Å². The number of ether oxygens (including phenoxy) is 3. The Morgan fingerprint density at radius 3 is 2.50 bits per heavy atom. The molecule has 0 unspecified atom stereocenters. The molecule has 2 rings (SSSR count). The fourth-order valence-corrected chi connectivity index (χ4v) is 1.91. The smallest absolute Gasteiger partial charge is 0.319 e. The molecule has 1 aromatic rings. The topological polar surface area (TPSA) is 70.5 Å². The van der Waals surface area contributed by atoms with E-state index in [0.29, 0.717) is 24.4 Å². The van der Waals surface area contributed by atoms with Crippen molar-refractivity contribution in [1.82, 2.24) is 9.97 Å². The molecule has 0 radical (unpaired) electrons. The molecular formula is C12H16N2O4. The van der Waals surface area contributed by atoms with Gasteiger partial charge in [0.25, 0.3) is 0 Å². The predicted molar refractivity (Wildman–Crippen MR) is 61.7 cm³/mol. The van der Waals surface area contributed by atoms with Crippen molar-refractivity contribution < 1.29 is 19.0 Å². The molecule has 1 fully saturated rings. The van der Waals surface area contributed by atoms with Gasteiger partial charge in [0.1, 0.15) is 11.2 Å². The number of hydrogen-bond acceptors (Lipinski definition) is 6. The lowest BCUT2D eigenvalue weighted by atomic mass is 10.1. The minimum atomic E-state index is -0.670. The highest BCUT2D eigenvalue weighted by Crippen LogP contribution is 2.47. The third-order valence-electron chi connectivity index (χ3n) is 3.10. The number of carbonyl (C=O) groups is 1. The summed E-state index contributed by atoms with van der Waals surface area (Å²) < 4.78 is 15.1. The van der Waals surface area contributed by atoms with Gasteiger partial charge in [-0.15, -0.1) is 0 Å². The van der Waals surface area contributed by atoms with Gasteiger partial charge < -0.3 is 14.2 Å². The Labute approximate surface area is 105 Å². The zero-order valence-electron chi connectivity index (χ0n) is 10.7. The van der Waals surface area contributed by atoms with Crippen molar-refractivity contribution in [2.45, 2.75) is 24.5 Å². The van der Waals surface area contributed by atoms with Gasteiger partial charge >= 0.3 is 5.97 Å². The van der Waals surface area contributed by atoms with Crippen molar-refractivity contribution in [3.63, 3.8) is 0 Å². The van der Waals surface area contributed by atoms with Crippen LogP contribution in [0.3, 0.4) is 0 Å². The van der Waals surface area contributed by atoms with Gasteiger partial charge in [-0.3, -0.25) is 4.79 Å². The van der Waals surface area contributed by atoms with E-state index in [0.717, 1.165) is 0 Å². The maximum absolute atomic E-state index is 11.8. The molecule has 0 aliphatic heterocycles. The Morgan fingerprint density at radius 2 is 2.00 bits per heavy atom. The van der Waals surface area contributed by atoms with Crippen molar-refractivity contribution in [1.29, 1.82) is 0 Å². The molecule has 1 aliphatic rings. The quantitative estimate of drug-likeness (QED) is 0.574. The van der Waals surface area contributed by atoms with Crippen LogP contribution in [-0.2, 0) is 24.4 Å². The van der Waals surface area contributed by atoms with Gasteiger partial charge in [0.2, 0.25) is 6.29 Å². The fourth-order valence-electron chi connectivity index (χ4n) is 1.91. The first-order chi connectivity index (χ1) is 8.67. The van der Waals surface area contributed by atoms with Gasteiger partial charge in [-0.2, -0.15) is 0 Å². The molecule has 0 atom stereocenters. The van der Waals surface area contributed by atoms with Gasteiger partial charge in [0.15, 0.2) is 0 Å². The number of aromatic nitrogens is 2. The van der Waals surface area contributed by atoms with Gasteiger partial charge in [0.05, 0.1) is 12.8 Å². The lowest BCUT2D eigenvalue weighted by molar-refractivity contribution is -0.144. The van der Waals surface area contributed by atoms with Gasteiger partial charge in [-0.05, 0) is 18.9 Å². The molecule has 6 heteroatoms. The summed E-state index contributed by atoms with van der Waals surface area (Å²) in [6, 6.07) is 1.70. The van der Waals surface area contributed by atoms with Crippen LogP contribution in [0.1, 0.15) is 30.7 Å². The maximum Gasteiger partial charge on any atom is 0.319 e. The Morgan fingerprint density at radius 1 is 1.33 bits per heavy atom. The van der Waals surface area contributed by atoms with Crippen LogP contribution in [0.4, 0.5) is 0 Å². The van der Waals surface area contributed by atoms with E-state index in [1.165, 1.54) is 21.3 Å². The van der Waals surface area contributed by atoms with E-state index in [4.69, 9.17) is 14.2 Å². The summed E-state index contributed by atoms with van der Waals surface area (Å²) in [5.74, 6) is 0.192. The number of nitrogens with zero attached hydrogens (tertiary/aromatic N) is 2. The molecule has 1 aliphatic carbocycles. The Hall–Kier alpha value is -1.53. The first kappa shape index (κ1) is 12.9. The molecule has 1 heterocycles. The van der Waals surface area contributed by atoms with E-state index < -0.39 is 11.7 Å². The average molecular weight is 252 g/mol. The Balaban J connectivity index is 2.30. The number of hydrogen-bond donors (Lipinski definition) is 0. The van der Waals surface area contributed by atoms with Crippen molar-refractivity contribution in [3.05, 3.63) is 23.8 Å². The SMILES string of the molecule is COC(=O)C1(c2nccc(C(OC)OC)n2)CC1. The van der Waals surface area contributed by atoms with E-state index in [-0.39, 0.29) is 5.97 Å². The molecule has 0 spiro atoms. The lowest BCUT2D eigenvalue weighted by Gasteiger charge is -2.15. The lowest BCUT2D eigenvalue weighted by Crippen LogP contribution is -2.25. The van der Waals surface area contributed by atoms with Crippen molar-refractivity contribution in [2.75, 3.05) is 21.3 Å². The molecule has 1 saturated carbocycles. The summed E-state index contributed by atoms with van der Waals surface area (Å²) >= 11 is 0. The summed E-state index contributed by atoms with van der Waals surface area (Å²) in [5, 5.41) is 0. The minimum absolute atomic E-state index is 0.286. The van der Waals surface area contributed by atoms with Gasteiger partial charge in [-0.1, -0.05) is 0 Å². The van der Waals surface area contributed by atoms with Crippen LogP contribution in [0.25, 0.3) is 0 Å². The van der Waals surface area contributed by atoms with Crippen LogP contribution in [0, 0.1) is 0 Å². The van der Waals surface area contributed by atoms with Crippen molar-refractivity contribution in [2.24, 2.45) is 0 Å². The second-order valence-corrected chi connectivity index (χ2v) is 4.18. The third kappa shape index (κ3) is 2.09. The van der Waals surface area contributed by atoms with Crippen LogP contribution < -0.4 is 0 Å². The largest absolute Gasteiger partial charge is 0.468 e. The summed E-state index contributed by atoms with van der Waals surface area (Å²) in [5.41, 5.74) is -0.0725. The van der Waals surface area contributed by atoms with Crippen LogP contribution >= 0.6 is 0 Å². The van der Waals surface area contributed by atoms with Crippen molar-refractivity contribution >= 4 is 5.97 Å². The summed E-state index contributed by atoms with van der Waals surface area (Å²) in [6.07, 6.45) is 2.48. The second-order valence-electron chi connectivity index (χ2n) is 4.18. The number of methoxy groups -OCH3 is 3. The number of esters is 1. The highest BCUT2D eigenvalue weighted by molar-refractivity contribution is 5.85. The molecule has 0 bridgehead atoms. The van der Waals surface area contributed by atoms with Crippen LogP contribution in [0.15, 0.2) is 12.3 Å². The average Bonchev–Trinajstić information content (AvgIpc) is 3.21. The van der Waals surface area contributed by atoms with E-state index >= 15 is 0 Å². The minimum Gasteiger partial charge on any atom is -0.468 e. The van der Waals surface area contributed by atoms with Gasteiger partial charge in [-0.25, -0.2) is 9.97 Å². The zero-order valence-corrected chi connectivity index (χ0v) is 10.7. The molecule has 6 nitrogen and oxygen atoms in total. The van der Waals surface area contributed by atoms with Crippen LogP contribution in [0.5, 0.6) is 0 Å². The molecule has 0 N–H and O–H groups in total. The number of rotatable bonds is 5. The van der Waals surface area contributed by atoms with Crippen LogP contribution in [0.2, 0.25) is 0 Å². The van der Waals surface area contributed by atoms with E-state index in [9.17, 15) is 4.79 Å². The Kier molecular flexibility index (Phi) is 3.58. The summed E-state index contributed by atoms with van der Waals surface area (Å²) in [4.78, 5) is 20.3. The summed E-state index contributed by atoms with van der Waals surface area (Å²) in [7, 11) is 4.44. The third-order valence-corrected chi connectivity index (χ3v) is 3.10.